The fourth-order valence-corrected chi connectivity index (χ4v) is 3.66. The van der Waals surface area contributed by atoms with Gasteiger partial charge < -0.3 is 4.98 Å². The summed E-state index contributed by atoms with van der Waals surface area (Å²) in [6.07, 6.45) is 2.73. The van der Waals surface area contributed by atoms with E-state index in [0.29, 0.717) is 13.1 Å². The number of sulfonamides is 1. The highest BCUT2D eigenvalue weighted by molar-refractivity contribution is 9.09. The van der Waals surface area contributed by atoms with E-state index in [1.54, 1.807) is 0 Å². The molecule has 0 bridgehead atoms. The van der Waals surface area contributed by atoms with E-state index in [1.807, 2.05) is 0 Å². The molecule has 1 aromatic heterocycles. The minimum atomic E-state index is -3.38. The van der Waals surface area contributed by atoms with Crippen LogP contribution in [0.25, 0.3) is 0 Å². The van der Waals surface area contributed by atoms with Crippen LogP contribution in [0, 0.1) is 0 Å². The summed E-state index contributed by atoms with van der Waals surface area (Å²) in [5.74, 6) is 0. The third kappa shape index (κ3) is 2.87. The van der Waals surface area contributed by atoms with Crippen LogP contribution < -0.4 is 0 Å². The fraction of sp³-hybridized carbons (Fsp3) is 0.667. The fourth-order valence-electron chi connectivity index (χ4n) is 1.84. The Labute approximate surface area is 109 Å². The van der Waals surface area contributed by atoms with Gasteiger partial charge in [-0.2, -0.15) is 4.31 Å². The zero-order valence-electron chi connectivity index (χ0n) is 9.34. The van der Waals surface area contributed by atoms with Gasteiger partial charge in [0.1, 0.15) is 0 Å². The molecule has 8 heteroatoms. The Morgan fingerprint density at radius 3 is 2.59 bits per heavy atom. The number of rotatable bonds is 4. The third-order valence-corrected chi connectivity index (χ3v) is 5.00. The second-order valence-corrected chi connectivity index (χ2v) is 6.55. The molecule has 1 aliphatic heterocycles. The van der Waals surface area contributed by atoms with Crippen LogP contribution in [0.1, 0.15) is 0 Å². The summed E-state index contributed by atoms with van der Waals surface area (Å²) in [7, 11) is -3.38. The lowest BCUT2D eigenvalue weighted by Gasteiger charge is -2.33. The van der Waals surface area contributed by atoms with Crippen molar-refractivity contribution in [2.24, 2.45) is 0 Å². The van der Waals surface area contributed by atoms with E-state index in [9.17, 15) is 8.42 Å². The number of nitrogens with zero attached hydrogens (tertiary/aromatic N) is 3. The van der Waals surface area contributed by atoms with E-state index in [-0.39, 0.29) is 5.03 Å². The summed E-state index contributed by atoms with van der Waals surface area (Å²) in [6, 6.07) is 0. The number of H-pyrrole nitrogens is 1. The summed E-state index contributed by atoms with van der Waals surface area (Å²) in [4.78, 5) is 8.64. The Kier molecular flexibility index (Phi) is 4.18. The molecule has 1 aromatic rings. The normalized spacial score (nSPS) is 19.6. The average molecular weight is 323 g/mol. The van der Waals surface area contributed by atoms with Gasteiger partial charge in [0.05, 0.1) is 12.5 Å². The average Bonchev–Trinajstić information content (AvgIpc) is 2.84. The molecule has 0 unspecified atom stereocenters. The number of piperazine rings is 1. The Morgan fingerprint density at radius 2 is 2.06 bits per heavy atom. The van der Waals surface area contributed by atoms with Gasteiger partial charge in [-0.25, -0.2) is 13.4 Å². The SMILES string of the molecule is O=S(=O)(c1cnc[nH]1)N1CCN(CCBr)CC1. The van der Waals surface area contributed by atoms with E-state index in [1.165, 1.54) is 16.8 Å². The van der Waals surface area contributed by atoms with Crippen LogP contribution in [0.3, 0.4) is 0 Å². The van der Waals surface area contributed by atoms with Gasteiger partial charge in [0.15, 0.2) is 5.03 Å². The largest absolute Gasteiger partial charge is 0.335 e. The molecule has 0 radical (unpaired) electrons. The van der Waals surface area contributed by atoms with Gasteiger partial charge in [-0.3, -0.25) is 4.90 Å². The minimum Gasteiger partial charge on any atom is -0.335 e. The van der Waals surface area contributed by atoms with Crippen LogP contribution in [-0.4, -0.2) is 65.6 Å². The molecule has 17 heavy (non-hydrogen) atoms. The first kappa shape index (κ1) is 13.0. The van der Waals surface area contributed by atoms with E-state index in [4.69, 9.17) is 0 Å². The van der Waals surface area contributed by atoms with Crippen molar-refractivity contribution < 1.29 is 8.42 Å². The molecule has 0 atom stereocenters. The topological polar surface area (TPSA) is 69.3 Å². The molecule has 1 fully saturated rings. The van der Waals surface area contributed by atoms with Crippen LogP contribution >= 0.6 is 15.9 Å². The van der Waals surface area contributed by atoms with Crippen molar-refractivity contribution in [3.8, 4) is 0 Å². The zero-order valence-corrected chi connectivity index (χ0v) is 11.7. The standard InChI is InChI=1S/C9H15BrN4O2S/c10-1-2-13-3-5-14(6-4-13)17(15,16)9-7-11-8-12-9/h7-8H,1-6H2,(H,11,12). The Morgan fingerprint density at radius 1 is 1.35 bits per heavy atom. The molecule has 96 valence electrons. The highest BCUT2D eigenvalue weighted by Crippen LogP contribution is 2.14. The predicted octanol–water partition coefficient (Wildman–Crippen LogP) is 0.111. The van der Waals surface area contributed by atoms with E-state index < -0.39 is 10.0 Å². The van der Waals surface area contributed by atoms with Crippen LogP contribution in [0.4, 0.5) is 0 Å². The van der Waals surface area contributed by atoms with Gasteiger partial charge in [0.25, 0.3) is 10.0 Å². The minimum absolute atomic E-state index is 0.173. The van der Waals surface area contributed by atoms with Crippen LogP contribution in [0.2, 0.25) is 0 Å². The monoisotopic (exact) mass is 322 g/mol. The zero-order chi connectivity index (χ0) is 12.3. The molecule has 0 saturated carbocycles. The van der Waals surface area contributed by atoms with Crippen molar-refractivity contribution in [1.29, 1.82) is 0 Å². The number of nitrogens with one attached hydrogen (secondary N) is 1. The molecule has 6 nitrogen and oxygen atoms in total. The number of aromatic amines is 1. The molecular weight excluding hydrogens is 308 g/mol. The van der Waals surface area contributed by atoms with Crippen molar-refractivity contribution in [1.82, 2.24) is 19.2 Å². The highest BCUT2D eigenvalue weighted by atomic mass is 79.9. The van der Waals surface area contributed by atoms with Gasteiger partial charge in [-0.05, 0) is 0 Å². The van der Waals surface area contributed by atoms with E-state index >= 15 is 0 Å². The second kappa shape index (κ2) is 5.47. The molecule has 1 N–H and O–H groups in total. The molecule has 0 amide bonds. The van der Waals surface area contributed by atoms with Crippen molar-refractivity contribution >= 4 is 26.0 Å². The molecule has 2 rings (SSSR count). The first-order chi connectivity index (χ1) is 8.14. The maximum atomic E-state index is 12.1. The van der Waals surface area contributed by atoms with Crippen molar-refractivity contribution in [2.45, 2.75) is 5.03 Å². The first-order valence-electron chi connectivity index (χ1n) is 5.41. The summed E-state index contributed by atoms with van der Waals surface area (Å²) in [5.41, 5.74) is 0. The number of aromatic nitrogens is 2. The smallest absolute Gasteiger partial charge is 0.260 e. The van der Waals surface area contributed by atoms with Gasteiger partial charge in [-0.15, -0.1) is 0 Å². The second-order valence-electron chi connectivity index (χ2n) is 3.85. The highest BCUT2D eigenvalue weighted by Gasteiger charge is 2.28. The number of halogens is 1. The van der Waals surface area contributed by atoms with E-state index in [0.717, 1.165) is 25.0 Å². The van der Waals surface area contributed by atoms with Crippen molar-refractivity contribution in [3.05, 3.63) is 12.5 Å². The summed E-state index contributed by atoms with van der Waals surface area (Å²) in [5, 5.41) is 1.09. The van der Waals surface area contributed by atoms with Crippen molar-refractivity contribution in [3.63, 3.8) is 0 Å². The van der Waals surface area contributed by atoms with Crippen LogP contribution in [0.15, 0.2) is 17.6 Å². The maximum Gasteiger partial charge on any atom is 0.260 e. The number of alkyl halides is 1. The molecule has 2 heterocycles. The third-order valence-electron chi connectivity index (χ3n) is 2.82. The summed E-state index contributed by atoms with van der Waals surface area (Å²) < 4.78 is 25.8. The number of hydrogen-bond donors (Lipinski definition) is 1. The molecule has 0 spiro atoms. The van der Waals surface area contributed by atoms with Crippen LogP contribution in [0.5, 0.6) is 0 Å². The van der Waals surface area contributed by atoms with Gasteiger partial charge >= 0.3 is 0 Å². The maximum absolute atomic E-state index is 12.1. The van der Waals surface area contributed by atoms with Gasteiger partial charge in [0.2, 0.25) is 0 Å². The predicted molar refractivity (Wildman–Crippen MR) is 67.6 cm³/mol. The number of hydrogen-bond acceptors (Lipinski definition) is 4. The molecule has 1 aliphatic rings. The first-order valence-corrected chi connectivity index (χ1v) is 7.97. The quantitative estimate of drug-likeness (QED) is 0.799. The number of imidazole rings is 1. The van der Waals surface area contributed by atoms with Gasteiger partial charge in [0, 0.05) is 38.1 Å². The molecular formula is C9H15BrN4O2S. The Bertz CT molecular complexity index is 440. The van der Waals surface area contributed by atoms with Gasteiger partial charge in [-0.1, -0.05) is 15.9 Å². The summed E-state index contributed by atoms with van der Waals surface area (Å²) in [6.45, 7) is 3.58. The molecule has 0 aliphatic carbocycles. The van der Waals surface area contributed by atoms with E-state index in [2.05, 4.69) is 30.8 Å². The summed E-state index contributed by atoms with van der Waals surface area (Å²) >= 11 is 3.38. The lowest BCUT2D eigenvalue weighted by molar-refractivity contribution is 0.198. The lowest BCUT2D eigenvalue weighted by atomic mass is 10.4. The van der Waals surface area contributed by atoms with Crippen molar-refractivity contribution in [2.75, 3.05) is 38.1 Å². The molecule has 1 saturated heterocycles. The molecule has 0 aromatic carbocycles. The van der Waals surface area contributed by atoms with Crippen LogP contribution in [-0.2, 0) is 10.0 Å². The Balaban J connectivity index is 2.01. The Hall–Kier alpha value is -0.440. The lowest BCUT2D eigenvalue weighted by Crippen LogP contribution is -2.49.